The van der Waals surface area contributed by atoms with Crippen molar-refractivity contribution in [2.45, 2.75) is 19.3 Å². The number of aryl methyl sites for hydroxylation is 1. The van der Waals surface area contributed by atoms with Crippen LogP contribution in [0.3, 0.4) is 0 Å². The van der Waals surface area contributed by atoms with Gasteiger partial charge in [-0.25, -0.2) is 0 Å². The van der Waals surface area contributed by atoms with Crippen LogP contribution in [-0.4, -0.2) is 35.8 Å². The lowest BCUT2D eigenvalue weighted by Gasteiger charge is -2.22. The summed E-state index contributed by atoms with van der Waals surface area (Å²) in [6.45, 7) is 3.56. The molecule has 28 heavy (non-hydrogen) atoms. The summed E-state index contributed by atoms with van der Waals surface area (Å²) >= 11 is 0. The number of carbonyl (C=O) groups excluding carboxylic acids is 1. The highest BCUT2D eigenvalue weighted by atomic mass is 16.6. The maximum Gasteiger partial charge on any atom is 0.232 e. The van der Waals surface area contributed by atoms with Crippen LogP contribution in [0.1, 0.15) is 23.8 Å². The quantitative estimate of drug-likeness (QED) is 0.697. The molecule has 0 N–H and O–H groups in total. The van der Waals surface area contributed by atoms with Crippen molar-refractivity contribution in [1.29, 1.82) is 0 Å². The first-order valence-electron chi connectivity index (χ1n) is 9.28. The first-order valence-corrected chi connectivity index (χ1v) is 9.28. The van der Waals surface area contributed by atoms with Gasteiger partial charge in [-0.15, -0.1) is 0 Å². The highest BCUT2D eigenvalue weighted by Gasteiger charge is 2.35. The molecule has 1 amide bonds. The third-order valence-corrected chi connectivity index (χ3v) is 5.03. The van der Waals surface area contributed by atoms with E-state index in [1.165, 1.54) is 0 Å². The van der Waals surface area contributed by atoms with Crippen molar-refractivity contribution in [3.05, 3.63) is 53.9 Å². The molecule has 0 radical (unpaired) electrons. The molecule has 2 aliphatic rings. The second kappa shape index (κ2) is 6.67. The maximum atomic E-state index is 12.6. The van der Waals surface area contributed by atoms with Crippen molar-refractivity contribution in [3.63, 3.8) is 0 Å². The third kappa shape index (κ3) is 2.98. The molecule has 0 saturated carbocycles. The van der Waals surface area contributed by atoms with E-state index in [0.29, 0.717) is 49.4 Å². The van der Waals surface area contributed by atoms with Crippen LogP contribution in [0.5, 0.6) is 11.5 Å². The Labute approximate surface area is 161 Å². The molecule has 142 valence electrons. The van der Waals surface area contributed by atoms with Crippen LogP contribution in [0.25, 0.3) is 11.4 Å². The Morgan fingerprint density at radius 2 is 1.93 bits per heavy atom. The standard InChI is InChI=1S/C21H19N3O4/c1-13-3-2-4-14(9-13)20-22-21(28-23-20)15-10-19(25)24(12-15)16-5-6-17-18(11-16)27-8-7-26-17/h2-6,9,11,15H,7-8,10,12H2,1H3/t15-/m0/s1. The molecule has 1 saturated heterocycles. The smallest absolute Gasteiger partial charge is 0.232 e. The minimum Gasteiger partial charge on any atom is -0.486 e. The van der Waals surface area contributed by atoms with E-state index in [1.807, 2.05) is 49.4 Å². The number of amides is 1. The van der Waals surface area contributed by atoms with E-state index >= 15 is 0 Å². The molecule has 0 unspecified atom stereocenters. The van der Waals surface area contributed by atoms with Gasteiger partial charge in [0.2, 0.25) is 17.6 Å². The van der Waals surface area contributed by atoms with Crippen LogP contribution in [0.4, 0.5) is 5.69 Å². The summed E-state index contributed by atoms with van der Waals surface area (Å²) in [5, 5.41) is 4.10. The fourth-order valence-electron chi connectivity index (χ4n) is 3.62. The van der Waals surface area contributed by atoms with Crippen LogP contribution < -0.4 is 14.4 Å². The predicted octanol–water partition coefficient (Wildman–Crippen LogP) is 3.34. The second-order valence-electron chi connectivity index (χ2n) is 7.06. The van der Waals surface area contributed by atoms with Gasteiger partial charge in [-0.05, 0) is 25.1 Å². The number of anilines is 1. The SMILES string of the molecule is Cc1cccc(-c2noc([C@H]3CC(=O)N(c4ccc5c(c4)OCCO5)C3)n2)c1. The van der Waals surface area contributed by atoms with Crippen molar-refractivity contribution < 1.29 is 18.8 Å². The Morgan fingerprint density at radius 3 is 2.79 bits per heavy atom. The van der Waals surface area contributed by atoms with Gasteiger partial charge in [0, 0.05) is 30.3 Å². The van der Waals surface area contributed by atoms with Gasteiger partial charge in [0.05, 0.1) is 5.92 Å². The molecule has 3 heterocycles. The van der Waals surface area contributed by atoms with Gasteiger partial charge < -0.3 is 18.9 Å². The summed E-state index contributed by atoms with van der Waals surface area (Å²) in [5.41, 5.74) is 2.82. The zero-order valence-electron chi connectivity index (χ0n) is 15.4. The molecule has 2 aliphatic heterocycles. The molecule has 0 aliphatic carbocycles. The molecule has 3 aromatic rings. The molecule has 1 atom stereocenters. The van der Waals surface area contributed by atoms with Crippen LogP contribution >= 0.6 is 0 Å². The molecule has 2 aromatic carbocycles. The number of rotatable bonds is 3. The van der Waals surface area contributed by atoms with Gasteiger partial charge in [0.15, 0.2) is 11.5 Å². The molecule has 5 rings (SSSR count). The molecule has 1 fully saturated rings. The number of benzene rings is 2. The second-order valence-corrected chi connectivity index (χ2v) is 7.06. The number of carbonyl (C=O) groups is 1. The fraction of sp³-hybridized carbons (Fsp3) is 0.286. The average molecular weight is 377 g/mol. The normalized spacial score (nSPS) is 18.5. The lowest BCUT2D eigenvalue weighted by molar-refractivity contribution is -0.117. The Balaban J connectivity index is 1.37. The number of ether oxygens (including phenoxy) is 2. The zero-order chi connectivity index (χ0) is 19.1. The van der Waals surface area contributed by atoms with E-state index in [1.54, 1.807) is 4.90 Å². The van der Waals surface area contributed by atoms with Crippen LogP contribution in [0.2, 0.25) is 0 Å². The van der Waals surface area contributed by atoms with Crippen molar-refractivity contribution >= 4 is 11.6 Å². The first-order chi connectivity index (χ1) is 13.7. The molecule has 1 aromatic heterocycles. The van der Waals surface area contributed by atoms with E-state index in [0.717, 1.165) is 16.8 Å². The van der Waals surface area contributed by atoms with Gasteiger partial charge in [-0.2, -0.15) is 4.98 Å². The summed E-state index contributed by atoms with van der Waals surface area (Å²) in [6, 6.07) is 13.5. The van der Waals surface area contributed by atoms with E-state index in [9.17, 15) is 4.79 Å². The average Bonchev–Trinajstić information content (AvgIpc) is 3.34. The van der Waals surface area contributed by atoms with Gasteiger partial charge in [-0.3, -0.25) is 4.79 Å². The maximum absolute atomic E-state index is 12.6. The summed E-state index contributed by atoms with van der Waals surface area (Å²) in [6.07, 6.45) is 0.337. The van der Waals surface area contributed by atoms with Crippen LogP contribution in [-0.2, 0) is 4.79 Å². The van der Waals surface area contributed by atoms with Crippen LogP contribution in [0.15, 0.2) is 47.0 Å². The molecule has 0 bridgehead atoms. The van der Waals surface area contributed by atoms with Gasteiger partial charge >= 0.3 is 0 Å². The topological polar surface area (TPSA) is 77.7 Å². The summed E-state index contributed by atoms with van der Waals surface area (Å²) in [5.74, 6) is 2.30. The first kappa shape index (κ1) is 16.8. The van der Waals surface area contributed by atoms with E-state index in [-0.39, 0.29) is 11.8 Å². The summed E-state index contributed by atoms with van der Waals surface area (Å²) in [4.78, 5) is 18.9. The third-order valence-electron chi connectivity index (χ3n) is 5.03. The van der Waals surface area contributed by atoms with E-state index in [2.05, 4.69) is 10.1 Å². The van der Waals surface area contributed by atoms with Crippen molar-refractivity contribution in [1.82, 2.24) is 10.1 Å². The minimum atomic E-state index is -0.133. The van der Waals surface area contributed by atoms with Gasteiger partial charge in [0.1, 0.15) is 13.2 Å². The molecule has 7 heteroatoms. The lowest BCUT2D eigenvalue weighted by atomic mass is 10.1. The largest absolute Gasteiger partial charge is 0.486 e. The predicted molar refractivity (Wildman–Crippen MR) is 102 cm³/mol. The number of hydrogen-bond acceptors (Lipinski definition) is 6. The Bertz CT molecular complexity index is 1050. The minimum absolute atomic E-state index is 0.0250. The monoisotopic (exact) mass is 377 g/mol. The highest BCUT2D eigenvalue weighted by Crippen LogP contribution is 2.37. The zero-order valence-corrected chi connectivity index (χ0v) is 15.4. The summed E-state index contributed by atoms with van der Waals surface area (Å²) in [7, 11) is 0. The Kier molecular flexibility index (Phi) is 4.00. The van der Waals surface area contributed by atoms with Crippen molar-refractivity contribution in [2.75, 3.05) is 24.7 Å². The van der Waals surface area contributed by atoms with E-state index < -0.39 is 0 Å². The molecule has 0 spiro atoms. The lowest BCUT2D eigenvalue weighted by Crippen LogP contribution is -2.24. The number of nitrogens with zero attached hydrogens (tertiary/aromatic N) is 3. The van der Waals surface area contributed by atoms with Crippen molar-refractivity contribution in [3.8, 4) is 22.9 Å². The van der Waals surface area contributed by atoms with Crippen LogP contribution in [0, 0.1) is 6.92 Å². The van der Waals surface area contributed by atoms with Gasteiger partial charge in [-0.1, -0.05) is 28.9 Å². The van der Waals surface area contributed by atoms with E-state index in [4.69, 9.17) is 14.0 Å². The van der Waals surface area contributed by atoms with Gasteiger partial charge in [0.25, 0.3) is 0 Å². The molecular weight excluding hydrogens is 358 g/mol. The Hall–Kier alpha value is -3.35. The molecular formula is C21H19N3O4. The number of hydrogen-bond donors (Lipinski definition) is 0. The summed E-state index contributed by atoms with van der Waals surface area (Å²) < 4.78 is 16.7. The Morgan fingerprint density at radius 1 is 1.07 bits per heavy atom. The van der Waals surface area contributed by atoms with Crippen molar-refractivity contribution in [2.24, 2.45) is 0 Å². The molecule has 7 nitrogen and oxygen atoms in total. The highest BCUT2D eigenvalue weighted by molar-refractivity contribution is 5.96. The number of fused-ring (bicyclic) bond motifs is 1. The number of aromatic nitrogens is 2. The fourth-order valence-corrected chi connectivity index (χ4v) is 3.62.